The van der Waals surface area contributed by atoms with Gasteiger partial charge in [0.25, 0.3) is 5.91 Å². The van der Waals surface area contributed by atoms with Gasteiger partial charge in [-0.3, -0.25) is 9.59 Å². The van der Waals surface area contributed by atoms with Crippen LogP contribution < -0.4 is 11.1 Å². The number of amides is 2. The predicted molar refractivity (Wildman–Crippen MR) is 138 cm³/mol. The van der Waals surface area contributed by atoms with Crippen molar-refractivity contribution < 1.29 is 9.59 Å². The molecule has 0 spiro atoms. The van der Waals surface area contributed by atoms with Gasteiger partial charge in [-0.15, -0.1) is 22.7 Å². The third-order valence-corrected chi connectivity index (χ3v) is 7.80. The molecular weight excluding hydrogens is 468 g/mol. The molecule has 0 aliphatic carbocycles. The van der Waals surface area contributed by atoms with Crippen molar-refractivity contribution in [3.8, 4) is 10.6 Å². The fourth-order valence-corrected chi connectivity index (χ4v) is 5.78. The molecule has 3 heterocycles. The Labute approximate surface area is 207 Å². The highest BCUT2D eigenvalue weighted by Crippen LogP contribution is 2.34. The minimum absolute atomic E-state index is 0.00398. The van der Waals surface area contributed by atoms with Gasteiger partial charge in [0, 0.05) is 36.3 Å². The van der Waals surface area contributed by atoms with E-state index in [9.17, 15) is 9.59 Å². The highest BCUT2D eigenvalue weighted by atomic mass is 32.1. The Morgan fingerprint density at radius 1 is 1.18 bits per heavy atom. The van der Waals surface area contributed by atoms with Gasteiger partial charge in [-0.05, 0) is 51.1 Å². The van der Waals surface area contributed by atoms with Crippen LogP contribution in [0.5, 0.6) is 0 Å². The average Bonchev–Trinajstić information content (AvgIpc) is 3.36. The number of likely N-dealkylation sites (N-methyl/N-ethyl adjacent to an activating group) is 1. The van der Waals surface area contributed by atoms with Gasteiger partial charge in [0.2, 0.25) is 5.91 Å². The lowest BCUT2D eigenvalue weighted by atomic mass is 10.0. The molecule has 0 radical (unpaired) electrons. The second-order valence-electron chi connectivity index (χ2n) is 8.53. The molecule has 0 bridgehead atoms. The van der Waals surface area contributed by atoms with E-state index in [1.165, 1.54) is 22.7 Å². The highest BCUT2D eigenvalue weighted by Gasteiger charge is 2.24. The van der Waals surface area contributed by atoms with Crippen molar-refractivity contribution in [2.45, 2.75) is 33.1 Å². The average molecular weight is 499 g/mol. The Kier molecular flexibility index (Phi) is 7.60. The quantitative estimate of drug-likeness (QED) is 0.507. The molecule has 180 valence electrons. The minimum atomic E-state index is -0.459. The highest BCUT2D eigenvalue weighted by molar-refractivity contribution is 7.18. The number of rotatable bonds is 7. The van der Waals surface area contributed by atoms with Crippen molar-refractivity contribution >= 4 is 45.3 Å². The summed E-state index contributed by atoms with van der Waals surface area (Å²) in [7, 11) is 2.09. The van der Waals surface area contributed by atoms with Crippen LogP contribution in [0.25, 0.3) is 10.6 Å². The lowest BCUT2D eigenvalue weighted by molar-refractivity contribution is 0.0762. The summed E-state index contributed by atoms with van der Waals surface area (Å²) in [5.41, 5.74) is 9.47. The number of benzene rings is 1. The summed E-state index contributed by atoms with van der Waals surface area (Å²) >= 11 is 2.88. The molecule has 10 heteroatoms. The van der Waals surface area contributed by atoms with Crippen LogP contribution in [0.1, 0.15) is 51.2 Å². The molecule has 1 aliphatic heterocycles. The number of hydrogen-bond acceptors (Lipinski definition) is 8. The maximum Gasteiger partial charge on any atom is 0.282 e. The van der Waals surface area contributed by atoms with Crippen LogP contribution in [0.2, 0.25) is 0 Å². The monoisotopic (exact) mass is 498 g/mol. The smallest absolute Gasteiger partial charge is 0.282 e. The maximum atomic E-state index is 13.1. The summed E-state index contributed by atoms with van der Waals surface area (Å²) in [5.74, 6) is -0.463. The van der Waals surface area contributed by atoms with Gasteiger partial charge in [-0.1, -0.05) is 19.4 Å². The molecule has 2 amide bonds. The van der Waals surface area contributed by atoms with Gasteiger partial charge in [0.05, 0.1) is 16.3 Å². The van der Waals surface area contributed by atoms with E-state index in [1.807, 2.05) is 23.3 Å². The fourth-order valence-electron chi connectivity index (χ4n) is 3.99. The lowest BCUT2D eigenvalue weighted by Gasteiger charge is -2.19. The molecule has 1 aliphatic rings. The normalized spacial score (nSPS) is 14.7. The Morgan fingerprint density at radius 3 is 2.76 bits per heavy atom. The summed E-state index contributed by atoms with van der Waals surface area (Å²) in [6.45, 7) is 7.39. The van der Waals surface area contributed by atoms with Crippen LogP contribution >= 0.6 is 22.7 Å². The number of thiazole rings is 2. The molecule has 3 aromatic rings. The lowest BCUT2D eigenvalue weighted by Crippen LogP contribution is -2.34. The van der Waals surface area contributed by atoms with Crippen LogP contribution in [0, 0.1) is 6.92 Å². The van der Waals surface area contributed by atoms with Crippen LogP contribution in [0.4, 0.5) is 10.8 Å². The van der Waals surface area contributed by atoms with Crippen LogP contribution in [0.15, 0.2) is 23.6 Å². The second-order valence-corrected chi connectivity index (χ2v) is 10.4. The largest absolute Gasteiger partial charge is 0.366 e. The summed E-state index contributed by atoms with van der Waals surface area (Å²) in [6, 6.07) is 5.47. The zero-order valence-corrected chi connectivity index (χ0v) is 21.4. The Hall–Kier alpha value is -2.82. The molecule has 0 atom stereocenters. The third kappa shape index (κ3) is 5.45. The number of aromatic nitrogens is 2. The van der Waals surface area contributed by atoms with Crippen LogP contribution in [-0.2, 0) is 6.42 Å². The summed E-state index contributed by atoms with van der Waals surface area (Å²) in [5, 5.41) is 6.55. The van der Waals surface area contributed by atoms with Crippen molar-refractivity contribution in [3.63, 3.8) is 0 Å². The van der Waals surface area contributed by atoms with Gasteiger partial charge in [0.1, 0.15) is 0 Å². The molecule has 4 rings (SSSR count). The predicted octanol–water partition coefficient (Wildman–Crippen LogP) is 4.15. The zero-order valence-electron chi connectivity index (χ0n) is 19.8. The molecule has 8 nitrogen and oxygen atoms in total. The molecule has 1 fully saturated rings. The Balaban J connectivity index is 1.54. The zero-order chi connectivity index (χ0) is 24.2. The molecule has 34 heavy (non-hydrogen) atoms. The van der Waals surface area contributed by atoms with Crippen molar-refractivity contribution in [3.05, 3.63) is 45.4 Å². The number of carbonyl (C=O) groups excluding carboxylic acids is 2. The molecule has 3 N–H and O–H groups in total. The van der Waals surface area contributed by atoms with Crippen LogP contribution in [0.3, 0.4) is 0 Å². The van der Waals surface area contributed by atoms with E-state index in [0.29, 0.717) is 15.7 Å². The number of nitrogens with one attached hydrogen (secondary N) is 1. The van der Waals surface area contributed by atoms with E-state index < -0.39 is 5.91 Å². The topological polar surface area (TPSA) is 104 Å². The number of carbonyl (C=O) groups is 2. The molecule has 2 aromatic heterocycles. The first-order valence-corrected chi connectivity index (χ1v) is 13.2. The summed E-state index contributed by atoms with van der Waals surface area (Å²) in [4.78, 5) is 39.1. The van der Waals surface area contributed by atoms with Gasteiger partial charge in [0.15, 0.2) is 10.1 Å². The first kappa shape index (κ1) is 24.3. The van der Waals surface area contributed by atoms with Crippen molar-refractivity contribution in [2.75, 3.05) is 38.5 Å². The van der Waals surface area contributed by atoms with Crippen molar-refractivity contribution in [1.82, 2.24) is 19.8 Å². The third-order valence-electron chi connectivity index (χ3n) is 5.88. The summed E-state index contributed by atoms with van der Waals surface area (Å²) in [6.07, 6.45) is 2.83. The second kappa shape index (κ2) is 10.6. The van der Waals surface area contributed by atoms with E-state index in [0.717, 1.165) is 73.0 Å². The molecular formula is C24H30N6O2S2. The van der Waals surface area contributed by atoms with E-state index in [2.05, 4.69) is 29.2 Å². The molecule has 0 unspecified atom stereocenters. The van der Waals surface area contributed by atoms with Gasteiger partial charge in [-0.25, -0.2) is 9.97 Å². The van der Waals surface area contributed by atoms with Gasteiger partial charge < -0.3 is 20.9 Å². The number of anilines is 2. The molecule has 1 saturated heterocycles. The van der Waals surface area contributed by atoms with E-state index in [4.69, 9.17) is 10.7 Å². The number of aryl methyl sites for hydroxylation is 2. The van der Waals surface area contributed by atoms with E-state index in [1.54, 1.807) is 12.1 Å². The van der Waals surface area contributed by atoms with Gasteiger partial charge in [-0.2, -0.15) is 0 Å². The van der Waals surface area contributed by atoms with Crippen molar-refractivity contribution in [1.29, 1.82) is 0 Å². The molecule has 1 aromatic carbocycles. The van der Waals surface area contributed by atoms with Crippen LogP contribution in [-0.4, -0.2) is 64.8 Å². The first-order valence-electron chi connectivity index (χ1n) is 11.5. The summed E-state index contributed by atoms with van der Waals surface area (Å²) < 4.78 is 0. The number of nitrogens with two attached hydrogens (primary N) is 1. The van der Waals surface area contributed by atoms with Crippen molar-refractivity contribution in [2.24, 2.45) is 5.73 Å². The fraction of sp³-hybridized carbons (Fsp3) is 0.417. The number of primary amides is 1. The van der Waals surface area contributed by atoms with Gasteiger partial charge >= 0.3 is 0 Å². The molecule has 0 saturated carbocycles. The van der Waals surface area contributed by atoms with E-state index in [-0.39, 0.29) is 5.91 Å². The minimum Gasteiger partial charge on any atom is -0.366 e. The van der Waals surface area contributed by atoms with E-state index >= 15 is 0 Å². The standard InChI is InChI=1S/C24H30N6O2S2/c1-4-6-16-7-8-17(21(25)31)13-18(16)27-24-28-19(14-33-24)20-15(2)26-22(34-20)23(32)30-10-5-9-29(3)11-12-30/h7-8,13-14H,4-6,9-12H2,1-3H3,(H2,25,31)(H,27,28). The first-order chi connectivity index (χ1) is 16.4. The Morgan fingerprint density at radius 2 is 2.00 bits per heavy atom. The Bertz CT molecular complexity index is 1190. The SMILES string of the molecule is CCCc1ccc(C(N)=O)cc1Nc1nc(-c2sc(C(=O)N3CCCN(C)CC3)nc2C)cs1. The maximum absolute atomic E-state index is 13.1. The number of nitrogens with zero attached hydrogens (tertiary/aromatic N) is 4. The number of hydrogen-bond donors (Lipinski definition) is 2.